The van der Waals surface area contributed by atoms with Crippen LogP contribution in [0.15, 0.2) is 41.3 Å². The van der Waals surface area contributed by atoms with Crippen molar-refractivity contribution in [2.75, 3.05) is 10.5 Å². The molecule has 2 aromatic carbocycles. The van der Waals surface area contributed by atoms with Crippen LogP contribution in [-0.2, 0) is 10.0 Å². The zero-order chi connectivity index (χ0) is 14.9. The third-order valence-corrected chi connectivity index (χ3v) is 4.69. The van der Waals surface area contributed by atoms with Crippen molar-refractivity contribution < 1.29 is 12.8 Å². The van der Waals surface area contributed by atoms with Crippen molar-refractivity contribution in [2.24, 2.45) is 0 Å². The Hall–Kier alpha value is -1.79. The molecule has 0 saturated carbocycles. The number of nitrogen functional groups attached to an aromatic ring is 1. The lowest BCUT2D eigenvalue weighted by atomic mass is 10.2. The highest BCUT2D eigenvalue weighted by molar-refractivity contribution is 7.93. The summed E-state index contributed by atoms with van der Waals surface area (Å²) in [5, 5.41) is 0.00607. The van der Waals surface area contributed by atoms with E-state index in [-0.39, 0.29) is 26.9 Å². The van der Waals surface area contributed by atoms with E-state index >= 15 is 0 Å². The Labute approximate surface area is 121 Å². The van der Waals surface area contributed by atoms with E-state index in [0.29, 0.717) is 0 Å². The fourth-order valence-corrected chi connectivity index (χ4v) is 3.53. The maximum absolute atomic E-state index is 13.4. The van der Waals surface area contributed by atoms with Crippen molar-refractivity contribution in [1.82, 2.24) is 0 Å². The average molecular weight is 315 g/mol. The predicted octanol–water partition coefficient (Wildman–Crippen LogP) is 3.17. The van der Waals surface area contributed by atoms with E-state index in [2.05, 4.69) is 4.72 Å². The molecule has 7 heteroatoms. The van der Waals surface area contributed by atoms with Crippen LogP contribution in [0.4, 0.5) is 15.8 Å². The molecule has 3 N–H and O–H groups in total. The van der Waals surface area contributed by atoms with Crippen molar-refractivity contribution in [2.45, 2.75) is 11.8 Å². The quantitative estimate of drug-likeness (QED) is 0.855. The van der Waals surface area contributed by atoms with Crippen LogP contribution in [0.25, 0.3) is 0 Å². The second-order valence-electron chi connectivity index (χ2n) is 4.18. The summed E-state index contributed by atoms with van der Waals surface area (Å²) in [6.07, 6.45) is 0. The van der Waals surface area contributed by atoms with E-state index in [0.717, 1.165) is 0 Å². The molecule has 0 aliphatic rings. The number of anilines is 2. The molecule has 4 nitrogen and oxygen atoms in total. The highest BCUT2D eigenvalue weighted by atomic mass is 35.5. The molecule has 0 spiro atoms. The molecule has 0 atom stereocenters. The Morgan fingerprint density at radius 2 is 1.85 bits per heavy atom. The average Bonchev–Trinajstić information content (AvgIpc) is 2.34. The third-order valence-electron chi connectivity index (χ3n) is 2.78. The molecule has 0 bridgehead atoms. The minimum Gasteiger partial charge on any atom is -0.398 e. The van der Waals surface area contributed by atoms with Crippen molar-refractivity contribution in [3.63, 3.8) is 0 Å². The van der Waals surface area contributed by atoms with Crippen LogP contribution < -0.4 is 10.5 Å². The standard InChI is InChI=1S/C13H12ClFN2O2S/c1-8-10(15)5-3-7-12(8)17-20(18,19)13-9(14)4-2-6-11(13)16/h2-7,17H,16H2,1H3. The van der Waals surface area contributed by atoms with E-state index < -0.39 is 15.8 Å². The zero-order valence-electron chi connectivity index (χ0n) is 10.5. The fourth-order valence-electron chi connectivity index (χ4n) is 1.72. The maximum atomic E-state index is 13.4. The molecular formula is C13H12ClFN2O2S. The lowest BCUT2D eigenvalue weighted by molar-refractivity contribution is 0.601. The summed E-state index contributed by atoms with van der Waals surface area (Å²) in [6, 6.07) is 8.52. The van der Waals surface area contributed by atoms with Crippen molar-refractivity contribution in [3.8, 4) is 0 Å². The van der Waals surface area contributed by atoms with Gasteiger partial charge in [-0.25, -0.2) is 12.8 Å². The van der Waals surface area contributed by atoms with Crippen molar-refractivity contribution in [1.29, 1.82) is 0 Å². The number of sulfonamides is 1. The number of rotatable bonds is 3. The number of benzene rings is 2. The second kappa shape index (κ2) is 5.30. The normalized spacial score (nSPS) is 11.3. The van der Waals surface area contributed by atoms with E-state index in [1.54, 1.807) is 6.07 Å². The summed E-state index contributed by atoms with van der Waals surface area (Å²) in [4.78, 5) is -0.217. The highest BCUT2D eigenvalue weighted by Crippen LogP contribution is 2.29. The summed E-state index contributed by atoms with van der Waals surface area (Å²) in [7, 11) is -3.99. The van der Waals surface area contributed by atoms with Gasteiger partial charge in [0.25, 0.3) is 10.0 Å². The lowest BCUT2D eigenvalue weighted by Crippen LogP contribution is -2.16. The van der Waals surface area contributed by atoms with Gasteiger partial charge in [0.1, 0.15) is 10.7 Å². The van der Waals surface area contributed by atoms with E-state index in [4.69, 9.17) is 17.3 Å². The van der Waals surface area contributed by atoms with Gasteiger partial charge in [-0.05, 0) is 31.2 Å². The highest BCUT2D eigenvalue weighted by Gasteiger charge is 2.22. The van der Waals surface area contributed by atoms with Gasteiger partial charge in [-0.3, -0.25) is 4.72 Å². The number of nitrogens with two attached hydrogens (primary N) is 1. The van der Waals surface area contributed by atoms with Crippen LogP contribution in [0.1, 0.15) is 5.56 Å². The Bertz CT molecular complexity index is 743. The largest absolute Gasteiger partial charge is 0.398 e. The van der Waals surface area contributed by atoms with Crippen LogP contribution in [0.2, 0.25) is 5.02 Å². The predicted molar refractivity (Wildman–Crippen MR) is 77.8 cm³/mol. The number of halogens is 2. The lowest BCUT2D eigenvalue weighted by Gasteiger charge is -2.13. The van der Waals surface area contributed by atoms with Gasteiger partial charge in [0.2, 0.25) is 0 Å². The summed E-state index contributed by atoms with van der Waals surface area (Å²) in [5.41, 5.74) is 6.02. The minimum atomic E-state index is -3.99. The molecule has 0 amide bonds. The summed E-state index contributed by atoms with van der Waals surface area (Å²) in [5.74, 6) is -0.502. The Balaban J connectivity index is 2.50. The van der Waals surface area contributed by atoms with Crippen LogP contribution in [-0.4, -0.2) is 8.42 Å². The molecule has 0 heterocycles. The smallest absolute Gasteiger partial charge is 0.265 e. The molecule has 0 aliphatic carbocycles. The molecule has 2 rings (SSSR count). The van der Waals surface area contributed by atoms with Crippen LogP contribution in [0, 0.1) is 12.7 Å². The van der Waals surface area contributed by atoms with Gasteiger partial charge in [-0.2, -0.15) is 0 Å². The van der Waals surface area contributed by atoms with Crippen molar-refractivity contribution >= 4 is 33.0 Å². The zero-order valence-corrected chi connectivity index (χ0v) is 12.1. The number of hydrogen-bond donors (Lipinski definition) is 2. The molecular weight excluding hydrogens is 303 g/mol. The van der Waals surface area contributed by atoms with Gasteiger partial charge in [-0.15, -0.1) is 0 Å². The summed E-state index contributed by atoms with van der Waals surface area (Å²) in [6.45, 7) is 1.48. The first kappa shape index (κ1) is 14.6. The fraction of sp³-hybridized carbons (Fsp3) is 0.0769. The van der Waals surface area contributed by atoms with Crippen LogP contribution in [0.3, 0.4) is 0 Å². The number of hydrogen-bond acceptors (Lipinski definition) is 3. The topological polar surface area (TPSA) is 72.2 Å². The van der Waals surface area contributed by atoms with E-state index in [1.165, 1.54) is 37.3 Å². The van der Waals surface area contributed by atoms with Gasteiger partial charge in [0, 0.05) is 5.56 Å². The van der Waals surface area contributed by atoms with Crippen LogP contribution >= 0.6 is 11.6 Å². The molecule has 0 aromatic heterocycles. The maximum Gasteiger partial charge on any atom is 0.265 e. The molecule has 2 aromatic rings. The van der Waals surface area contributed by atoms with Gasteiger partial charge in [0.05, 0.1) is 16.4 Å². The molecule has 0 fully saturated rings. The monoisotopic (exact) mass is 314 g/mol. The Morgan fingerprint density at radius 3 is 2.50 bits per heavy atom. The molecule has 0 saturated heterocycles. The second-order valence-corrected chi connectivity index (χ2v) is 6.20. The SMILES string of the molecule is Cc1c(F)cccc1NS(=O)(=O)c1c(N)cccc1Cl. The first-order chi connectivity index (χ1) is 9.33. The molecule has 106 valence electrons. The van der Waals surface area contributed by atoms with Gasteiger partial charge in [-0.1, -0.05) is 23.7 Å². The van der Waals surface area contributed by atoms with E-state index in [1.807, 2.05) is 0 Å². The van der Waals surface area contributed by atoms with Gasteiger partial charge in [0.15, 0.2) is 0 Å². The minimum absolute atomic E-state index is 0.00607. The first-order valence-corrected chi connectivity index (χ1v) is 7.51. The molecule has 20 heavy (non-hydrogen) atoms. The summed E-state index contributed by atoms with van der Waals surface area (Å²) >= 11 is 5.88. The molecule has 0 unspecified atom stereocenters. The third kappa shape index (κ3) is 2.71. The van der Waals surface area contributed by atoms with E-state index in [9.17, 15) is 12.8 Å². The Kier molecular flexibility index (Phi) is 3.87. The molecule has 0 radical (unpaired) electrons. The van der Waals surface area contributed by atoms with Crippen LogP contribution in [0.5, 0.6) is 0 Å². The first-order valence-electron chi connectivity index (χ1n) is 5.65. The van der Waals surface area contributed by atoms with Gasteiger partial charge >= 0.3 is 0 Å². The van der Waals surface area contributed by atoms with Crippen molar-refractivity contribution in [3.05, 3.63) is 52.8 Å². The summed E-state index contributed by atoms with van der Waals surface area (Å²) < 4.78 is 40.3. The number of nitrogens with one attached hydrogen (secondary N) is 1. The van der Waals surface area contributed by atoms with Gasteiger partial charge < -0.3 is 5.73 Å². The molecule has 0 aliphatic heterocycles. The Morgan fingerprint density at radius 1 is 1.20 bits per heavy atom.